The van der Waals surface area contributed by atoms with E-state index in [1.807, 2.05) is 18.2 Å². The minimum atomic E-state index is -0.224. The third-order valence-electron chi connectivity index (χ3n) is 3.38. The second kappa shape index (κ2) is 5.88. The molecule has 18 heavy (non-hydrogen) atoms. The molecule has 0 aliphatic heterocycles. The Balaban J connectivity index is 2.00. The van der Waals surface area contributed by atoms with Crippen LogP contribution in [0.1, 0.15) is 25.7 Å². The maximum absolute atomic E-state index is 12.0. The van der Waals surface area contributed by atoms with E-state index in [1.165, 1.54) is 0 Å². The minimum absolute atomic E-state index is 0.0132. The second-order valence-electron chi connectivity index (χ2n) is 4.59. The quantitative estimate of drug-likeness (QED) is 0.744. The molecule has 1 fully saturated rings. The van der Waals surface area contributed by atoms with Gasteiger partial charge in [-0.05, 0) is 76.0 Å². The fourth-order valence-corrected chi connectivity index (χ4v) is 2.94. The molecule has 1 aliphatic carbocycles. The third kappa shape index (κ3) is 3.24. The van der Waals surface area contributed by atoms with Crippen LogP contribution < -0.4 is 5.32 Å². The summed E-state index contributed by atoms with van der Waals surface area (Å²) in [6, 6.07) is 5.87. The third-order valence-corrected chi connectivity index (χ3v) is 4.75. The molecule has 3 nitrogen and oxygen atoms in total. The highest BCUT2D eigenvalue weighted by molar-refractivity contribution is 14.1. The molecule has 2 rings (SSSR count). The van der Waals surface area contributed by atoms with Crippen molar-refractivity contribution in [2.24, 2.45) is 0 Å². The normalized spacial score (nSPS) is 17.1. The average molecular weight is 424 g/mol. The minimum Gasteiger partial charge on any atom is -0.378 e. The van der Waals surface area contributed by atoms with Gasteiger partial charge in [0.15, 0.2) is 0 Å². The first-order chi connectivity index (χ1) is 8.54. The topological polar surface area (TPSA) is 38.3 Å². The van der Waals surface area contributed by atoms with Crippen LogP contribution in [0, 0.1) is 3.57 Å². The molecule has 0 saturated heterocycles. The van der Waals surface area contributed by atoms with Crippen LogP contribution in [-0.4, -0.2) is 18.6 Å². The lowest BCUT2D eigenvalue weighted by Crippen LogP contribution is -2.42. The Bertz CT molecular complexity index is 455. The van der Waals surface area contributed by atoms with E-state index in [2.05, 4.69) is 43.8 Å². The predicted octanol–water partition coefficient (Wildman–Crippen LogP) is 3.95. The number of rotatable bonds is 4. The van der Waals surface area contributed by atoms with E-state index in [4.69, 9.17) is 4.74 Å². The zero-order valence-corrected chi connectivity index (χ0v) is 13.9. The van der Waals surface area contributed by atoms with Crippen molar-refractivity contribution in [1.82, 2.24) is 0 Å². The summed E-state index contributed by atoms with van der Waals surface area (Å²) in [7, 11) is 1.69. The van der Waals surface area contributed by atoms with Crippen molar-refractivity contribution < 1.29 is 9.53 Å². The molecule has 0 spiro atoms. The van der Waals surface area contributed by atoms with Crippen molar-refractivity contribution in [1.29, 1.82) is 0 Å². The number of carbonyl (C=O) groups excluding carboxylic acids is 1. The molecule has 0 aromatic heterocycles. The highest BCUT2D eigenvalue weighted by Gasteiger charge is 2.39. The monoisotopic (exact) mass is 423 g/mol. The maximum Gasteiger partial charge on any atom is 0.227 e. The van der Waals surface area contributed by atoms with Gasteiger partial charge in [-0.25, -0.2) is 0 Å². The summed E-state index contributed by atoms with van der Waals surface area (Å²) in [5.74, 6) is 0.0132. The van der Waals surface area contributed by atoms with E-state index in [0.29, 0.717) is 6.42 Å². The van der Waals surface area contributed by atoms with E-state index in [-0.39, 0.29) is 11.5 Å². The van der Waals surface area contributed by atoms with Crippen LogP contribution in [0.2, 0.25) is 0 Å². The first-order valence-corrected chi connectivity index (χ1v) is 7.72. The maximum atomic E-state index is 12.0. The molecule has 0 unspecified atom stereocenters. The number of nitrogens with one attached hydrogen (secondary N) is 1. The lowest BCUT2D eigenvalue weighted by Gasteiger charge is -2.39. The van der Waals surface area contributed by atoms with Crippen molar-refractivity contribution >= 4 is 50.1 Å². The molecule has 1 N–H and O–H groups in total. The fourth-order valence-electron chi connectivity index (χ4n) is 2.10. The molecule has 1 aliphatic rings. The first kappa shape index (κ1) is 14.3. The Labute approximate surface area is 129 Å². The van der Waals surface area contributed by atoms with Crippen molar-refractivity contribution in [2.45, 2.75) is 31.3 Å². The summed E-state index contributed by atoms with van der Waals surface area (Å²) in [5.41, 5.74) is 0.593. The molecule has 0 atom stereocenters. The van der Waals surface area contributed by atoms with Crippen molar-refractivity contribution in [3.63, 3.8) is 0 Å². The average Bonchev–Trinajstić information content (AvgIpc) is 2.28. The molecule has 1 aromatic carbocycles. The van der Waals surface area contributed by atoms with Crippen LogP contribution in [0.5, 0.6) is 0 Å². The van der Waals surface area contributed by atoms with Gasteiger partial charge in [0.05, 0.1) is 17.7 Å². The summed E-state index contributed by atoms with van der Waals surface area (Å²) < 4.78 is 7.46. The van der Waals surface area contributed by atoms with E-state index in [9.17, 15) is 4.79 Å². The van der Waals surface area contributed by atoms with E-state index in [1.54, 1.807) is 7.11 Å². The van der Waals surface area contributed by atoms with Gasteiger partial charge in [0.1, 0.15) is 0 Å². The summed E-state index contributed by atoms with van der Waals surface area (Å²) in [6.45, 7) is 0. The highest BCUT2D eigenvalue weighted by Crippen LogP contribution is 2.38. The summed E-state index contributed by atoms with van der Waals surface area (Å²) in [6.07, 6.45) is 3.53. The van der Waals surface area contributed by atoms with Gasteiger partial charge in [-0.2, -0.15) is 0 Å². The van der Waals surface area contributed by atoms with Gasteiger partial charge >= 0.3 is 0 Å². The van der Waals surface area contributed by atoms with Crippen molar-refractivity contribution in [3.05, 3.63) is 26.2 Å². The number of hydrogen-bond donors (Lipinski definition) is 1. The molecular formula is C13H15BrINO2. The highest BCUT2D eigenvalue weighted by atomic mass is 127. The molecule has 5 heteroatoms. The second-order valence-corrected chi connectivity index (χ2v) is 6.69. The van der Waals surface area contributed by atoms with Gasteiger partial charge in [-0.15, -0.1) is 0 Å². The molecule has 1 aromatic rings. The lowest BCUT2D eigenvalue weighted by atomic mass is 9.77. The standard InChI is InChI=1S/C13H15BrINO2/c1-18-13(5-2-6-13)8-12(17)16-11-7-9(15)3-4-10(11)14/h3-4,7H,2,5-6,8H2,1H3,(H,16,17). The Kier molecular flexibility index (Phi) is 4.66. The van der Waals surface area contributed by atoms with Gasteiger partial charge in [0.2, 0.25) is 5.91 Å². The van der Waals surface area contributed by atoms with Crippen molar-refractivity contribution in [3.8, 4) is 0 Å². The van der Waals surface area contributed by atoms with Crippen LogP contribution in [0.4, 0.5) is 5.69 Å². The summed E-state index contributed by atoms with van der Waals surface area (Å²) in [4.78, 5) is 12.0. The summed E-state index contributed by atoms with van der Waals surface area (Å²) >= 11 is 5.66. The largest absolute Gasteiger partial charge is 0.378 e. The number of methoxy groups -OCH3 is 1. The first-order valence-electron chi connectivity index (χ1n) is 5.85. The van der Waals surface area contributed by atoms with Crippen molar-refractivity contribution in [2.75, 3.05) is 12.4 Å². The number of halogens is 2. The van der Waals surface area contributed by atoms with E-state index >= 15 is 0 Å². The molecule has 0 radical (unpaired) electrons. The number of carbonyl (C=O) groups is 1. The summed E-state index contributed by atoms with van der Waals surface area (Å²) in [5, 5.41) is 2.94. The predicted molar refractivity (Wildman–Crippen MR) is 83.7 cm³/mol. The molecule has 1 saturated carbocycles. The number of amides is 1. The van der Waals surface area contributed by atoms with Gasteiger partial charge < -0.3 is 10.1 Å². The Morgan fingerprint density at radius 3 is 2.83 bits per heavy atom. The molecular weight excluding hydrogens is 409 g/mol. The Hall–Kier alpha value is -0.140. The van der Waals surface area contributed by atoms with Crippen LogP contribution in [0.15, 0.2) is 22.7 Å². The van der Waals surface area contributed by atoms with Gasteiger partial charge in [-0.1, -0.05) is 0 Å². The van der Waals surface area contributed by atoms with Gasteiger partial charge in [0, 0.05) is 15.2 Å². The zero-order valence-electron chi connectivity index (χ0n) is 10.1. The van der Waals surface area contributed by atoms with Crippen LogP contribution in [0.3, 0.4) is 0 Å². The molecule has 0 bridgehead atoms. The smallest absolute Gasteiger partial charge is 0.227 e. The van der Waals surface area contributed by atoms with Crippen LogP contribution >= 0.6 is 38.5 Å². The lowest BCUT2D eigenvalue weighted by molar-refractivity contribution is -0.129. The number of hydrogen-bond acceptors (Lipinski definition) is 2. The van der Waals surface area contributed by atoms with Crippen LogP contribution in [0.25, 0.3) is 0 Å². The number of anilines is 1. The molecule has 0 heterocycles. The van der Waals surface area contributed by atoms with Crippen LogP contribution in [-0.2, 0) is 9.53 Å². The fraction of sp³-hybridized carbons (Fsp3) is 0.462. The van der Waals surface area contributed by atoms with Gasteiger partial charge in [0.25, 0.3) is 0 Å². The number of benzene rings is 1. The Morgan fingerprint density at radius 2 is 2.28 bits per heavy atom. The number of ether oxygens (including phenoxy) is 1. The Morgan fingerprint density at radius 1 is 1.56 bits per heavy atom. The van der Waals surface area contributed by atoms with Gasteiger partial charge in [-0.3, -0.25) is 4.79 Å². The SMILES string of the molecule is COC1(CC(=O)Nc2cc(I)ccc2Br)CCC1. The van der Waals surface area contributed by atoms with E-state index in [0.717, 1.165) is 33.0 Å². The zero-order chi connectivity index (χ0) is 13.2. The molecule has 98 valence electrons. The molecule has 1 amide bonds. The van der Waals surface area contributed by atoms with E-state index < -0.39 is 0 Å².